The molecule has 20 heavy (non-hydrogen) atoms. The Morgan fingerprint density at radius 1 is 1.25 bits per heavy atom. The highest BCUT2D eigenvalue weighted by atomic mass is 32.1. The first-order chi connectivity index (χ1) is 9.44. The second-order valence-electron chi connectivity index (χ2n) is 5.84. The van der Waals surface area contributed by atoms with Crippen LogP contribution < -0.4 is 10.7 Å². The van der Waals surface area contributed by atoms with E-state index in [1.807, 2.05) is 30.3 Å². The molecule has 0 unspecified atom stereocenters. The molecule has 4 nitrogen and oxygen atoms in total. The maximum Gasteiger partial charge on any atom is 0.191 e. The van der Waals surface area contributed by atoms with Crippen molar-refractivity contribution in [1.82, 2.24) is 5.43 Å². The van der Waals surface area contributed by atoms with Gasteiger partial charge in [-0.3, -0.25) is 10.2 Å². The zero-order valence-corrected chi connectivity index (χ0v) is 12.6. The highest BCUT2D eigenvalue weighted by Crippen LogP contribution is 2.31. The molecule has 0 radical (unpaired) electrons. The average Bonchev–Trinajstić information content (AvgIpc) is 2.35. The van der Waals surface area contributed by atoms with E-state index >= 15 is 0 Å². The van der Waals surface area contributed by atoms with Crippen molar-refractivity contribution < 1.29 is 4.79 Å². The minimum atomic E-state index is -0.00960. The molecule has 0 atom stereocenters. The Labute approximate surface area is 124 Å². The molecular formula is C15H19N3OS. The van der Waals surface area contributed by atoms with Gasteiger partial charge in [0.25, 0.3) is 0 Å². The summed E-state index contributed by atoms with van der Waals surface area (Å²) in [7, 11) is 0. The lowest BCUT2D eigenvalue weighted by atomic mass is 9.76. The highest BCUT2D eigenvalue weighted by Gasteiger charge is 2.30. The van der Waals surface area contributed by atoms with E-state index in [0.717, 1.165) is 17.8 Å². The molecule has 0 bridgehead atoms. The largest absolute Gasteiger partial charge is 0.331 e. The third-order valence-electron chi connectivity index (χ3n) is 3.11. The van der Waals surface area contributed by atoms with Crippen molar-refractivity contribution >= 4 is 34.5 Å². The minimum absolute atomic E-state index is 0.00960. The summed E-state index contributed by atoms with van der Waals surface area (Å²) < 4.78 is 0. The number of nitrogens with zero attached hydrogens (tertiary/aromatic N) is 1. The molecule has 1 saturated carbocycles. The van der Waals surface area contributed by atoms with Gasteiger partial charge >= 0.3 is 0 Å². The highest BCUT2D eigenvalue weighted by molar-refractivity contribution is 7.80. The number of hydrazone groups is 1. The maximum absolute atomic E-state index is 11.7. The molecule has 0 aliphatic heterocycles. The molecule has 0 saturated heterocycles. The number of hydrogen-bond acceptors (Lipinski definition) is 3. The van der Waals surface area contributed by atoms with Gasteiger partial charge in [0.15, 0.2) is 5.11 Å². The number of Topliss-reactive ketones (excluding diaryl/α,β-unsaturated/α-hetero) is 1. The second-order valence-corrected chi connectivity index (χ2v) is 6.25. The number of carbonyl (C=O) groups is 1. The Balaban J connectivity index is 1.92. The van der Waals surface area contributed by atoms with Crippen LogP contribution in [0, 0.1) is 5.41 Å². The van der Waals surface area contributed by atoms with Crippen LogP contribution in [0.1, 0.15) is 33.1 Å². The molecule has 1 aromatic rings. The Bertz CT molecular complexity index is 537. The van der Waals surface area contributed by atoms with E-state index in [-0.39, 0.29) is 11.2 Å². The van der Waals surface area contributed by atoms with E-state index < -0.39 is 0 Å². The molecule has 1 aliphatic carbocycles. The predicted molar refractivity (Wildman–Crippen MR) is 85.9 cm³/mol. The van der Waals surface area contributed by atoms with Crippen molar-refractivity contribution in [3.63, 3.8) is 0 Å². The summed E-state index contributed by atoms with van der Waals surface area (Å²) in [5.74, 6) is 0.240. The Kier molecular flexibility index (Phi) is 4.49. The van der Waals surface area contributed by atoms with E-state index in [9.17, 15) is 4.79 Å². The van der Waals surface area contributed by atoms with Crippen LogP contribution >= 0.6 is 12.2 Å². The number of rotatable bonds is 2. The number of carbonyl (C=O) groups excluding carboxylic acids is 1. The van der Waals surface area contributed by atoms with E-state index in [1.165, 1.54) is 0 Å². The number of anilines is 1. The first-order valence-electron chi connectivity index (χ1n) is 6.64. The van der Waals surface area contributed by atoms with Gasteiger partial charge in [-0.25, -0.2) is 0 Å². The van der Waals surface area contributed by atoms with Crippen molar-refractivity contribution in [1.29, 1.82) is 0 Å². The van der Waals surface area contributed by atoms with E-state index in [4.69, 9.17) is 12.2 Å². The first kappa shape index (κ1) is 14.7. The number of thiocarbonyl (C=S) groups is 1. The molecule has 0 spiro atoms. The molecule has 2 N–H and O–H groups in total. The minimum Gasteiger partial charge on any atom is -0.331 e. The van der Waals surface area contributed by atoms with Crippen LogP contribution in [0.5, 0.6) is 0 Å². The molecular weight excluding hydrogens is 270 g/mol. The smallest absolute Gasteiger partial charge is 0.191 e. The summed E-state index contributed by atoms with van der Waals surface area (Å²) in [5, 5.41) is 7.74. The van der Waals surface area contributed by atoms with Gasteiger partial charge < -0.3 is 5.32 Å². The van der Waals surface area contributed by atoms with Crippen LogP contribution in [-0.4, -0.2) is 16.6 Å². The fourth-order valence-electron chi connectivity index (χ4n) is 2.39. The zero-order valence-electron chi connectivity index (χ0n) is 11.8. The van der Waals surface area contributed by atoms with Gasteiger partial charge in [0.05, 0.1) is 0 Å². The summed E-state index contributed by atoms with van der Waals surface area (Å²) in [5.41, 5.74) is 4.58. The molecule has 5 heteroatoms. The molecule has 1 aromatic carbocycles. The molecule has 1 fully saturated rings. The fourth-order valence-corrected chi connectivity index (χ4v) is 2.55. The molecule has 1 aliphatic rings. The monoisotopic (exact) mass is 289 g/mol. The number of hydrogen-bond donors (Lipinski definition) is 2. The topological polar surface area (TPSA) is 53.5 Å². The SMILES string of the molecule is CC1(C)CC(=O)C/C(=N/NC(=S)Nc2ccccc2)C1. The Morgan fingerprint density at radius 2 is 1.95 bits per heavy atom. The van der Waals surface area contributed by atoms with E-state index in [1.54, 1.807) is 0 Å². The van der Waals surface area contributed by atoms with Crippen LogP contribution in [0.15, 0.2) is 35.4 Å². The summed E-state index contributed by atoms with van der Waals surface area (Å²) in [6.07, 6.45) is 1.86. The summed E-state index contributed by atoms with van der Waals surface area (Å²) >= 11 is 5.18. The lowest BCUT2D eigenvalue weighted by molar-refractivity contribution is -0.120. The number of ketones is 1. The molecule has 2 rings (SSSR count). The second kappa shape index (κ2) is 6.13. The van der Waals surface area contributed by atoms with Crippen LogP contribution in [0.25, 0.3) is 0 Å². The first-order valence-corrected chi connectivity index (χ1v) is 7.05. The van der Waals surface area contributed by atoms with Gasteiger partial charge in [0.2, 0.25) is 0 Å². The van der Waals surface area contributed by atoms with Gasteiger partial charge in [0.1, 0.15) is 5.78 Å². The van der Waals surface area contributed by atoms with Crippen molar-refractivity contribution in [3.05, 3.63) is 30.3 Å². The van der Waals surface area contributed by atoms with E-state index in [0.29, 0.717) is 18.0 Å². The van der Waals surface area contributed by atoms with Gasteiger partial charge in [-0.15, -0.1) is 0 Å². The molecule has 0 heterocycles. The van der Waals surface area contributed by atoms with Crippen molar-refractivity contribution in [2.75, 3.05) is 5.32 Å². The standard InChI is InChI=1S/C15H19N3OS/c1-15(2)9-12(8-13(19)10-15)17-18-14(20)16-11-6-4-3-5-7-11/h3-7H,8-10H2,1-2H3,(H2,16,18,20)/b17-12-. The predicted octanol–water partition coefficient (Wildman–Crippen LogP) is 3.11. The van der Waals surface area contributed by atoms with Gasteiger partial charge in [-0.1, -0.05) is 32.0 Å². The van der Waals surface area contributed by atoms with Gasteiger partial charge in [-0.2, -0.15) is 5.10 Å². The Hall–Kier alpha value is -1.75. The summed E-state index contributed by atoms with van der Waals surface area (Å²) in [6.45, 7) is 4.17. The van der Waals surface area contributed by atoms with Crippen molar-refractivity contribution in [3.8, 4) is 0 Å². The summed E-state index contributed by atoms with van der Waals surface area (Å²) in [6, 6.07) is 9.65. The van der Waals surface area contributed by atoms with Crippen LogP contribution in [0.3, 0.4) is 0 Å². The quantitative estimate of drug-likeness (QED) is 0.649. The summed E-state index contributed by atoms with van der Waals surface area (Å²) in [4.78, 5) is 11.7. The van der Waals surface area contributed by atoms with Gasteiger partial charge in [-0.05, 0) is 36.2 Å². The third-order valence-corrected chi connectivity index (χ3v) is 3.30. The molecule has 0 amide bonds. The maximum atomic E-state index is 11.7. The van der Waals surface area contributed by atoms with Crippen LogP contribution in [-0.2, 0) is 4.79 Å². The lowest BCUT2D eigenvalue weighted by Gasteiger charge is -2.29. The number of nitrogens with one attached hydrogen (secondary N) is 2. The molecule has 106 valence electrons. The number of para-hydroxylation sites is 1. The van der Waals surface area contributed by atoms with Gasteiger partial charge in [0, 0.05) is 24.2 Å². The normalized spacial score (nSPS) is 19.7. The fraction of sp³-hybridized carbons (Fsp3) is 0.400. The van der Waals surface area contributed by atoms with Crippen LogP contribution in [0.2, 0.25) is 0 Å². The molecule has 0 aromatic heterocycles. The lowest BCUT2D eigenvalue weighted by Crippen LogP contribution is -2.32. The third kappa shape index (κ3) is 4.42. The van der Waals surface area contributed by atoms with Crippen LogP contribution in [0.4, 0.5) is 5.69 Å². The zero-order chi connectivity index (χ0) is 14.6. The average molecular weight is 289 g/mol. The Morgan fingerprint density at radius 3 is 2.60 bits per heavy atom. The van der Waals surface area contributed by atoms with E-state index in [2.05, 4.69) is 29.7 Å². The van der Waals surface area contributed by atoms with Crippen molar-refractivity contribution in [2.45, 2.75) is 33.1 Å². The number of benzene rings is 1. The van der Waals surface area contributed by atoms with Crippen molar-refractivity contribution in [2.24, 2.45) is 10.5 Å².